The molecule has 0 radical (unpaired) electrons. The van der Waals surface area contributed by atoms with Crippen molar-refractivity contribution in [1.29, 1.82) is 0 Å². The van der Waals surface area contributed by atoms with Crippen LogP contribution < -0.4 is 5.32 Å². The number of amidine groups is 1. The number of carboxylic acid groups (broad SMARTS) is 2. The van der Waals surface area contributed by atoms with Crippen LogP contribution in [0.15, 0.2) is 41.4 Å². The quantitative estimate of drug-likeness (QED) is 0.602. The summed E-state index contributed by atoms with van der Waals surface area (Å²) in [5.74, 6) is -1.80. The summed E-state index contributed by atoms with van der Waals surface area (Å²) in [5, 5.41) is 20.2. The third-order valence-electron chi connectivity index (χ3n) is 4.98. The Morgan fingerprint density at radius 1 is 1.16 bits per heavy atom. The lowest BCUT2D eigenvalue weighted by Crippen LogP contribution is -2.47. The number of halogens is 1. The van der Waals surface area contributed by atoms with Crippen molar-refractivity contribution in [3.63, 3.8) is 0 Å². The zero-order valence-electron chi connectivity index (χ0n) is 17.8. The number of carboxylic acids is 2. The number of hydrogen-bond donors (Lipinski definition) is 3. The van der Waals surface area contributed by atoms with Gasteiger partial charge < -0.3 is 25.3 Å². The van der Waals surface area contributed by atoms with Crippen LogP contribution in [0.3, 0.4) is 0 Å². The van der Waals surface area contributed by atoms with Crippen molar-refractivity contribution >= 4 is 45.5 Å². The molecule has 2 aliphatic rings. The summed E-state index contributed by atoms with van der Waals surface area (Å²) in [7, 11) is 2.14. The zero-order valence-corrected chi connectivity index (χ0v) is 18.7. The van der Waals surface area contributed by atoms with Crippen LogP contribution in [-0.4, -0.2) is 71.0 Å². The number of aryl methyl sites for hydroxylation is 1. The van der Waals surface area contributed by atoms with Crippen molar-refractivity contribution < 1.29 is 24.2 Å². The van der Waals surface area contributed by atoms with E-state index in [1.54, 1.807) is 17.4 Å². The zero-order chi connectivity index (χ0) is 23.3. The molecule has 0 atom stereocenters. The number of benzene rings is 1. The highest BCUT2D eigenvalue weighted by Gasteiger charge is 2.25. The van der Waals surface area contributed by atoms with Gasteiger partial charge in [-0.05, 0) is 31.7 Å². The van der Waals surface area contributed by atoms with Gasteiger partial charge in [-0.1, -0.05) is 6.92 Å². The minimum absolute atomic E-state index is 0.253. The van der Waals surface area contributed by atoms with Gasteiger partial charge in [-0.25, -0.2) is 19.0 Å². The Kier molecular flexibility index (Phi) is 7.60. The molecule has 1 aromatic heterocycles. The topological polar surface area (TPSA) is 105 Å². The fraction of sp³-hybridized carbons (Fsp3) is 0.318. The first-order valence-electron chi connectivity index (χ1n) is 10.1. The largest absolute Gasteiger partial charge is 0.478 e. The Labute approximate surface area is 189 Å². The van der Waals surface area contributed by atoms with Crippen molar-refractivity contribution in [2.45, 2.75) is 13.3 Å². The lowest BCUT2D eigenvalue weighted by molar-refractivity contribution is -0.134. The number of piperazine rings is 1. The highest BCUT2D eigenvalue weighted by atomic mass is 32.1. The number of anilines is 2. The number of rotatable bonds is 3. The number of likely N-dealkylation sites (N-methyl/N-ethyl adjacent to an activating group) is 1. The summed E-state index contributed by atoms with van der Waals surface area (Å²) in [6, 6.07) is 6.99. The average Bonchev–Trinajstić information content (AvgIpc) is 3.10. The molecular formula is C22H25FN4O4S. The first-order chi connectivity index (χ1) is 15.3. The Balaban J connectivity index is 0.000000312. The number of thiophene rings is 1. The molecule has 2 aromatic rings. The maximum atomic E-state index is 13.7. The molecule has 0 spiro atoms. The molecule has 4 rings (SSSR count). The van der Waals surface area contributed by atoms with E-state index in [1.807, 2.05) is 0 Å². The fourth-order valence-corrected chi connectivity index (χ4v) is 4.28. The Morgan fingerprint density at radius 3 is 2.41 bits per heavy atom. The van der Waals surface area contributed by atoms with E-state index < -0.39 is 11.9 Å². The van der Waals surface area contributed by atoms with Crippen molar-refractivity contribution in [2.24, 2.45) is 4.99 Å². The smallest absolute Gasteiger partial charge is 0.328 e. The minimum Gasteiger partial charge on any atom is -0.478 e. The predicted octanol–water partition coefficient (Wildman–Crippen LogP) is 3.54. The van der Waals surface area contributed by atoms with Crippen LogP contribution in [0.4, 0.5) is 20.8 Å². The number of carbonyl (C=O) groups is 2. The third-order valence-corrected chi connectivity index (χ3v) is 6.17. The molecule has 0 bridgehead atoms. The summed E-state index contributed by atoms with van der Waals surface area (Å²) in [6.45, 7) is 6.08. The van der Waals surface area contributed by atoms with Gasteiger partial charge in [-0.15, -0.1) is 11.3 Å². The molecule has 3 N–H and O–H groups in total. The van der Waals surface area contributed by atoms with E-state index >= 15 is 0 Å². The molecule has 0 amide bonds. The number of hydrogen-bond acceptors (Lipinski definition) is 7. The molecule has 1 aromatic carbocycles. The molecule has 2 aliphatic heterocycles. The van der Waals surface area contributed by atoms with Crippen LogP contribution in [0.1, 0.15) is 17.4 Å². The first kappa shape index (κ1) is 23.4. The van der Waals surface area contributed by atoms with Crippen LogP contribution in [0.25, 0.3) is 0 Å². The molecule has 8 nitrogen and oxygen atoms in total. The summed E-state index contributed by atoms with van der Waals surface area (Å²) >= 11 is 1.76. The maximum Gasteiger partial charge on any atom is 0.328 e. The normalized spacial score (nSPS) is 15.6. The number of nitrogens with one attached hydrogen (secondary N) is 1. The summed E-state index contributed by atoms with van der Waals surface area (Å²) in [4.78, 5) is 30.0. The van der Waals surface area contributed by atoms with Gasteiger partial charge in [0.15, 0.2) is 0 Å². The first-order valence-corrected chi connectivity index (χ1v) is 10.9. The fourth-order valence-electron chi connectivity index (χ4n) is 3.28. The molecule has 0 unspecified atom stereocenters. The van der Waals surface area contributed by atoms with E-state index in [-0.39, 0.29) is 5.82 Å². The number of aliphatic carboxylic acids is 2. The Morgan fingerprint density at radius 2 is 1.81 bits per heavy atom. The van der Waals surface area contributed by atoms with E-state index in [2.05, 4.69) is 35.2 Å². The van der Waals surface area contributed by atoms with E-state index in [0.717, 1.165) is 54.7 Å². The van der Waals surface area contributed by atoms with Crippen molar-refractivity contribution in [1.82, 2.24) is 9.80 Å². The number of fused-ring (bicyclic) bond motifs is 2. The summed E-state index contributed by atoms with van der Waals surface area (Å²) in [6.07, 6.45) is 2.12. The standard InChI is InChI=1S/C18H21FN4S.C4H4O4/c1-3-13-11-14-17(23-8-6-22(2)7-9-23)20-16-10-12(19)4-5-15(16)21-18(14)24-13;5-3(6)1-2-4(7)8/h4-5,10-11,21H,3,6-9H2,1-2H3;1-2H,(H,5,6)(H,7,8)/b;2-1+. The molecule has 1 saturated heterocycles. The van der Waals surface area contributed by atoms with Crippen molar-refractivity contribution in [3.8, 4) is 0 Å². The average molecular weight is 461 g/mol. The Hall–Kier alpha value is -3.24. The molecule has 170 valence electrons. The minimum atomic E-state index is -1.26. The van der Waals surface area contributed by atoms with Crippen LogP contribution in [0.5, 0.6) is 0 Å². The van der Waals surface area contributed by atoms with E-state index in [4.69, 9.17) is 15.2 Å². The van der Waals surface area contributed by atoms with Gasteiger partial charge in [-0.3, -0.25) is 0 Å². The Bertz CT molecular complexity index is 1040. The van der Waals surface area contributed by atoms with Gasteiger partial charge in [-0.2, -0.15) is 0 Å². The summed E-state index contributed by atoms with van der Waals surface area (Å²) < 4.78 is 13.7. The predicted molar refractivity (Wildman–Crippen MR) is 123 cm³/mol. The van der Waals surface area contributed by atoms with Crippen LogP contribution in [0, 0.1) is 5.82 Å². The second kappa shape index (κ2) is 10.4. The molecule has 3 heterocycles. The van der Waals surface area contributed by atoms with Crippen molar-refractivity contribution in [2.75, 3.05) is 38.5 Å². The summed E-state index contributed by atoms with van der Waals surface area (Å²) in [5.41, 5.74) is 2.68. The monoisotopic (exact) mass is 460 g/mol. The van der Waals surface area contributed by atoms with Gasteiger partial charge in [0.05, 0.1) is 16.9 Å². The molecule has 0 saturated carbocycles. The van der Waals surface area contributed by atoms with Gasteiger partial charge in [0.25, 0.3) is 0 Å². The molecule has 0 aliphatic carbocycles. The SMILES string of the molecule is CCc1cc2c(s1)Nc1ccc(F)cc1N=C2N1CCN(C)CC1.O=C(O)/C=C/C(=O)O. The van der Waals surface area contributed by atoms with Crippen LogP contribution >= 0.6 is 11.3 Å². The number of nitrogens with zero attached hydrogens (tertiary/aromatic N) is 3. The van der Waals surface area contributed by atoms with E-state index in [0.29, 0.717) is 17.8 Å². The second-order valence-electron chi connectivity index (χ2n) is 7.33. The van der Waals surface area contributed by atoms with Gasteiger partial charge >= 0.3 is 11.9 Å². The molecule has 10 heteroatoms. The lowest BCUT2D eigenvalue weighted by atomic mass is 10.2. The third kappa shape index (κ3) is 5.92. The van der Waals surface area contributed by atoms with Gasteiger partial charge in [0, 0.05) is 49.3 Å². The van der Waals surface area contributed by atoms with Crippen LogP contribution in [0.2, 0.25) is 0 Å². The molecule has 32 heavy (non-hydrogen) atoms. The lowest BCUT2D eigenvalue weighted by Gasteiger charge is -2.34. The second-order valence-corrected chi connectivity index (χ2v) is 8.47. The van der Waals surface area contributed by atoms with Crippen molar-refractivity contribution in [3.05, 3.63) is 52.7 Å². The molecule has 1 fully saturated rings. The highest BCUT2D eigenvalue weighted by molar-refractivity contribution is 7.16. The molecular weight excluding hydrogens is 435 g/mol. The highest BCUT2D eigenvalue weighted by Crippen LogP contribution is 2.39. The van der Waals surface area contributed by atoms with Crippen LogP contribution in [-0.2, 0) is 16.0 Å². The van der Waals surface area contributed by atoms with E-state index in [9.17, 15) is 14.0 Å². The van der Waals surface area contributed by atoms with E-state index in [1.165, 1.54) is 17.0 Å². The van der Waals surface area contributed by atoms with Gasteiger partial charge in [0.2, 0.25) is 0 Å². The maximum absolute atomic E-state index is 13.7. The van der Waals surface area contributed by atoms with Gasteiger partial charge in [0.1, 0.15) is 16.7 Å². The number of aliphatic imine (C=N–C) groups is 1.